The number of hydrogen-bond acceptors (Lipinski definition) is 6. The lowest BCUT2D eigenvalue weighted by molar-refractivity contribution is 0.174. The summed E-state index contributed by atoms with van der Waals surface area (Å²) in [5.74, 6) is 3.81. The third-order valence-electron chi connectivity index (χ3n) is 4.38. The van der Waals surface area contributed by atoms with E-state index in [1.807, 2.05) is 31.2 Å². The molecule has 1 N–H and O–H groups in total. The van der Waals surface area contributed by atoms with Gasteiger partial charge in [0.05, 0.1) is 0 Å². The van der Waals surface area contributed by atoms with E-state index in [0.717, 1.165) is 41.1 Å². The van der Waals surface area contributed by atoms with E-state index in [1.165, 1.54) is 5.56 Å². The van der Waals surface area contributed by atoms with Gasteiger partial charge in [0.25, 0.3) is 0 Å². The van der Waals surface area contributed by atoms with Gasteiger partial charge in [-0.2, -0.15) is 0 Å². The lowest BCUT2D eigenvalue weighted by atomic mass is 10.2. The van der Waals surface area contributed by atoms with E-state index in [-0.39, 0.29) is 6.79 Å². The van der Waals surface area contributed by atoms with Crippen LogP contribution in [-0.2, 0) is 0 Å². The maximum Gasteiger partial charge on any atom is 0.231 e. The van der Waals surface area contributed by atoms with Crippen LogP contribution in [0, 0.1) is 13.8 Å². The maximum absolute atomic E-state index is 5.45. The number of benzene rings is 2. The summed E-state index contributed by atoms with van der Waals surface area (Å²) >= 11 is 0. The van der Waals surface area contributed by atoms with Crippen LogP contribution in [-0.4, -0.2) is 23.3 Å². The molecule has 2 aromatic carbocycles. The number of rotatable bonds is 5. The molecule has 0 atom stereocenters. The molecular weight excluding hydrogens is 340 g/mol. The van der Waals surface area contributed by atoms with Gasteiger partial charge in [0, 0.05) is 30.1 Å². The van der Waals surface area contributed by atoms with Gasteiger partial charge in [-0.15, -0.1) is 0 Å². The summed E-state index contributed by atoms with van der Waals surface area (Å²) in [6.07, 6.45) is 0. The van der Waals surface area contributed by atoms with Gasteiger partial charge in [-0.1, -0.05) is 12.1 Å². The summed E-state index contributed by atoms with van der Waals surface area (Å²) in [5, 5.41) is 3.34. The molecule has 2 heterocycles. The third kappa shape index (κ3) is 3.65. The van der Waals surface area contributed by atoms with Crippen LogP contribution in [0.1, 0.15) is 18.3 Å². The van der Waals surface area contributed by atoms with E-state index in [2.05, 4.69) is 58.3 Å². The van der Waals surface area contributed by atoms with Crippen LogP contribution >= 0.6 is 0 Å². The largest absolute Gasteiger partial charge is 0.454 e. The van der Waals surface area contributed by atoms with Gasteiger partial charge in [-0.25, -0.2) is 9.97 Å². The number of anilines is 4. The highest BCUT2D eigenvalue weighted by Gasteiger charge is 2.15. The molecule has 0 aliphatic carbocycles. The molecule has 1 aliphatic heterocycles. The van der Waals surface area contributed by atoms with Crippen molar-refractivity contribution >= 4 is 23.0 Å². The SMILES string of the molecule is CCN(c1cccc(C)c1)c1cc(Nc2ccc3c(c2)OCO3)nc(C)n1. The molecular formula is C21H22N4O2. The lowest BCUT2D eigenvalue weighted by Gasteiger charge is -2.23. The Labute approximate surface area is 158 Å². The number of ether oxygens (including phenoxy) is 2. The monoisotopic (exact) mass is 362 g/mol. The molecule has 0 saturated carbocycles. The van der Waals surface area contributed by atoms with Crippen LogP contribution in [0.25, 0.3) is 0 Å². The third-order valence-corrected chi connectivity index (χ3v) is 4.38. The molecule has 0 spiro atoms. The number of aromatic nitrogens is 2. The van der Waals surface area contributed by atoms with Crippen molar-refractivity contribution in [3.05, 3.63) is 59.9 Å². The van der Waals surface area contributed by atoms with Crippen molar-refractivity contribution < 1.29 is 9.47 Å². The fourth-order valence-electron chi connectivity index (χ4n) is 3.15. The normalized spacial score (nSPS) is 12.1. The van der Waals surface area contributed by atoms with Crippen LogP contribution in [0.15, 0.2) is 48.5 Å². The lowest BCUT2D eigenvalue weighted by Crippen LogP contribution is -2.18. The van der Waals surface area contributed by atoms with Crippen molar-refractivity contribution in [3.8, 4) is 11.5 Å². The minimum atomic E-state index is 0.261. The first-order chi connectivity index (χ1) is 13.1. The Balaban J connectivity index is 1.64. The fourth-order valence-corrected chi connectivity index (χ4v) is 3.15. The Morgan fingerprint density at radius 2 is 1.85 bits per heavy atom. The first-order valence-corrected chi connectivity index (χ1v) is 8.99. The number of aryl methyl sites for hydroxylation is 2. The molecule has 0 amide bonds. The Bertz CT molecular complexity index is 974. The van der Waals surface area contributed by atoms with Crippen molar-refractivity contribution in [1.82, 2.24) is 9.97 Å². The number of nitrogens with zero attached hydrogens (tertiary/aromatic N) is 3. The zero-order valence-corrected chi connectivity index (χ0v) is 15.7. The van der Waals surface area contributed by atoms with Crippen molar-refractivity contribution in [3.63, 3.8) is 0 Å². The van der Waals surface area contributed by atoms with Gasteiger partial charge in [-0.05, 0) is 50.6 Å². The molecule has 138 valence electrons. The van der Waals surface area contributed by atoms with Crippen molar-refractivity contribution in [2.45, 2.75) is 20.8 Å². The Kier molecular flexibility index (Phi) is 4.54. The molecule has 4 rings (SSSR count). The van der Waals surface area contributed by atoms with Gasteiger partial charge in [0.15, 0.2) is 11.5 Å². The maximum atomic E-state index is 5.45. The summed E-state index contributed by atoms with van der Waals surface area (Å²) in [6.45, 7) is 7.18. The van der Waals surface area contributed by atoms with Crippen molar-refractivity contribution in [2.75, 3.05) is 23.6 Å². The smallest absolute Gasteiger partial charge is 0.231 e. The second-order valence-electron chi connectivity index (χ2n) is 6.43. The zero-order valence-electron chi connectivity index (χ0n) is 15.7. The van der Waals surface area contributed by atoms with Gasteiger partial charge < -0.3 is 19.7 Å². The van der Waals surface area contributed by atoms with Crippen molar-refractivity contribution in [2.24, 2.45) is 0 Å². The molecule has 1 aliphatic rings. The highest BCUT2D eigenvalue weighted by molar-refractivity contribution is 5.67. The molecule has 3 aromatic rings. The average molecular weight is 362 g/mol. The van der Waals surface area contributed by atoms with E-state index >= 15 is 0 Å². The predicted octanol–water partition coefficient (Wildman–Crippen LogP) is 4.72. The van der Waals surface area contributed by atoms with Crippen LogP contribution in [0.2, 0.25) is 0 Å². The van der Waals surface area contributed by atoms with E-state index in [9.17, 15) is 0 Å². The average Bonchev–Trinajstić information content (AvgIpc) is 3.10. The quantitative estimate of drug-likeness (QED) is 0.708. The summed E-state index contributed by atoms with van der Waals surface area (Å²) in [6, 6.07) is 16.1. The molecule has 0 unspecified atom stereocenters. The minimum Gasteiger partial charge on any atom is -0.454 e. The van der Waals surface area contributed by atoms with E-state index < -0.39 is 0 Å². The van der Waals surface area contributed by atoms with Crippen LogP contribution in [0.5, 0.6) is 11.5 Å². The van der Waals surface area contributed by atoms with Gasteiger partial charge >= 0.3 is 0 Å². The molecule has 0 radical (unpaired) electrons. The number of fused-ring (bicyclic) bond motifs is 1. The first kappa shape index (κ1) is 17.1. The summed E-state index contributed by atoms with van der Waals surface area (Å²) < 4.78 is 10.8. The van der Waals surface area contributed by atoms with E-state index in [1.54, 1.807) is 0 Å². The second kappa shape index (κ2) is 7.15. The van der Waals surface area contributed by atoms with Gasteiger partial charge in [-0.3, -0.25) is 0 Å². The van der Waals surface area contributed by atoms with E-state index in [4.69, 9.17) is 9.47 Å². The first-order valence-electron chi connectivity index (χ1n) is 8.99. The summed E-state index contributed by atoms with van der Waals surface area (Å²) in [4.78, 5) is 11.3. The number of hydrogen-bond donors (Lipinski definition) is 1. The summed E-state index contributed by atoms with van der Waals surface area (Å²) in [5.41, 5.74) is 3.22. The Morgan fingerprint density at radius 1 is 1.00 bits per heavy atom. The van der Waals surface area contributed by atoms with Crippen LogP contribution in [0.4, 0.5) is 23.0 Å². The second-order valence-corrected chi connectivity index (χ2v) is 6.43. The topological polar surface area (TPSA) is 59.5 Å². The highest BCUT2D eigenvalue weighted by atomic mass is 16.7. The Hall–Kier alpha value is -3.28. The molecule has 0 fully saturated rings. The Morgan fingerprint density at radius 3 is 2.67 bits per heavy atom. The molecule has 0 bridgehead atoms. The highest BCUT2D eigenvalue weighted by Crippen LogP contribution is 2.35. The number of nitrogens with one attached hydrogen (secondary N) is 1. The fraction of sp³-hybridized carbons (Fsp3) is 0.238. The molecule has 1 aromatic heterocycles. The van der Waals surface area contributed by atoms with E-state index in [0.29, 0.717) is 5.82 Å². The minimum absolute atomic E-state index is 0.261. The standard InChI is InChI=1S/C21H22N4O2/c1-4-25(17-7-5-6-14(2)10-17)21-12-20(22-15(3)23-21)24-16-8-9-18-19(11-16)27-13-26-18/h5-12H,4,13H2,1-3H3,(H,22,23,24). The van der Waals surface area contributed by atoms with Crippen LogP contribution < -0.4 is 19.7 Å². The van der Waals surface area contributed by atoms with Gasteiger partial charge in [0.2, 0.25) is 6.79 Å². The van der Waals surface area contributed by atoms with Crippen molar-refractivity contribution in [1.29, 1.82) is 0 Å². The molecule has 0 saturated heterocycles. The predicted molar refractivity (Wildman–Crippen MR) is 106 cm³/mol. The molecule has 6 heteroatoms. The zero-order chi connectivity index (χ0) is 18.8. The van der Waals surface area contributed by atoms with Gasteiger partial charge in [0.1, 0.15) is 17.5 Å². The summed E-state index contributed by atoms with van der Waals surface area (Å²) in [7, 11) is 0. The molecule has 27 heavy (non-hydrogen) atoms. The molecule has 6 nitrogen and oxygen atoms in total. The van der Waals surface area contributed by atoms with Crippen LogP contribution in [0.3, 0.4) is 0 Å².